The van der Waals surface area contributed by atoms with Crippen LogP contribution in [0.3, 0.4) is 0 Å². The van der Waals surface area contributed by atoms with Crippen LogP contribution in [0, 0.1) is 0 Å². The molecule has 98 valence electrons. The van der Waals surface area contributed by atoms with Gasteiger partial charge in [0, 0.05) is 13.1 Å². The van der Waals surface area contributed by atoms with Gasteiger partial charge in [-0.2, -0.15) is 0 Å². The summed E-state index contributed by atoms with van der Waals surface area (Å²) in [5, 5.41) is 8.88. The summed E-state index contributed by atoms with van der Waals surface area (Å²) in [6.45, 7) is 2.84. The number of nitrogens with zero attached hydrogens (tertiary/aromatic N) is 4. The van der Waals surface area contributed by atoms with E-state index >= 15 is 0 Å². The van der Waals surface area contributed by atoms with Crippen LogP contribution in [0.5, 0.6) is 0 Å². The minimum atomic E-state index is -1.06. The van der Waals surface area contributed by atoms with Crippen LogP contribution in [0.1, 0.15) is 10.5 Å². The number of fused-ring (bicyclic) bond motifs is 1. The Labute approximate surface area is 108 Å². The van der Waals surface area contributed by atoms with Gasteiger partial charge in [0.05, 0.1) is 24.9 Å². The Morgan fingerprint density at radius 1 is 1.21 bits per heavy atom. The van der Waals surface area contributed by atoms with Gasteiger partial charge in [-0.3, -0.25) is 0 Å². The fourth-order valence-corrected chi connectivity index (χ4v) is 1.95. The second-order valence-electron chi connectivity index (χ2n) is 4.18. The highest BCUT2D eigenvalue weighted by Gasteiger charge is 2.14. The molecular formula is C12H12N4O3. The van der Waals surface area contributed by atoms with Gasteiger partial charge in [-0.15, -0.1) is 0 Å². The molecule has 0 bridgehead atoms. The molecule has 0 radical (unpaired) electrons. The molecule has 2 aromatic rings. The van der Waals surface area contributed by atoms with Crippen molar-refractivity contribution in [3.05, 3.63) is 24.0 Å². The van der Waals surface area contributed by atoms with E-state index in [2.05, 4.69) is 15.0 Å². The monoisotopic (exact) mass is 260 g/mol. The first-order valence-electron chi connectivity index (χ1n) is 5.94. The van der Waals surface area contributed by atoms with Gasteiger partial charge >= 0.3 is 5.97 Å². The number of ether oxygens (including phenoxy) is 1. The maximum Gasteiger partial charge on any atom is 0.354 e. The number of aromatic carboxylic acids is 1. The van der Waals surface area contributed by atoms with Crippen molar-refractivity contribution in [3.8, 4) is 0 Å². The smallest absolute Gasteiger partial charge is 0.354 e. The van der Waals surface area contributed by atoms with E-state index in [4.69, 9.17) is 9.84 Å². The van der Waals surface area contributed by atoms with Gasteiger partial charge in [-0.05, 0) is 12.1 Å². The van der Waals surface area contributed by atoms with Crippen LogP contribution in [-0.2, 0) is 4.74 Å². The van der Waals surface area contributed by atoms with Crippen molar-refractivity contribution in [3.63, 3.8) is 0 Å². The number of aromatic nitrogens is 3. The Hall–Kier alpha value is -2.28. The highest BCUT2D eigenvalue weighted by Crippen LogP contribution is 2.15. The van der Waals surface area contributed by atoms with Crippen LogP contribution in [0.2, 0.25) is 0 Å². The Kier molecular flexibility index (Phi) is 2.96. The number of morpholine rings is 1. The predicted octanol–water partition coefficient (Wildman–Crippen LogP) is 0.560. The molecule has 0 amide bonds. The summed E-state index contributed by atoms with van der Waals surface area (Å²) in [5.74, 6) is -0.431. The standard InChI is InChI=1S/C12H12N4O3/c17-11(18)9-2-1-8-10(14-9)7-13-12(15-8)16-3-5-19-6-4-16/h1-2,7H,3-6H2,(H,17,18). The van der Waals surface area contributed by atoms with Crippen molar-refractivity contribution in [2.45, 2.75) is 0 Å². The maximum absolute atomic E-state index is 10.8. The molecule has 19 heavy (non-hydrogen) atoms. The van der Waals surface area contributed by atoms with E-state index in [1.165, 1.54) is 6.07 Å². The van der Waals surface area contributed by atoms with Gasteiger partial charge in [0.25, 0.3) is 0 Å². The maximum atomic E-state index is 10.8. The van der Waals surface area contributed by atoms with Crippen LogP contribution in [0.25, 0.3) is 11.0 Å². The van der Waals surface area contributed by atoms with E-state index in [0.29, 0.717) is 30.2 Å². The molecule has 3 heterocycles. The largest absolute Gasteiger partial charge is 0.477 e. The lowest BCUT2D eigenvalue weighted by Gasteiger charge is -2.26. The summed E-state index contributed by atoms with van der Waals surface area (Å²) in [7, 11) is 0. The molecule has 0 unspecified atom stereocenters. The summed E-state index contributed by atoms with van der Waals surface area (Å²) in [5.41, 5.74) is 1.12. The third kappa shape index (κ3) is 2.32. The molecule has 7 nitrogen and oxygen atoms in total. The van der Waals surface area contributed by atoms with Crippen molar-refractivity contribution in [2.24, 2.45) is 0 Å². The summed E-state index contributed by atoms with van der Waals surface area (Å²) in [6.07, 6.45) is 1.56. The van der Waals surface area contributed by atoms with Crippen LogP contribution in [0.4, 0.5) is 5.95 Å². The van der Waals surface area contributed by atoms with Crippen LogP contribution < -0.4 is 4.90 Å². The Balaban J connectivity index is 1.97. The van der Waals surface area contributed by atoms with E-state index in [1.54, 1.807) is 12.3 Å². The number of hydrogen-bond acceptors (Lipinski definition) is 6. The first-order chi connectivity index (χ1) is 9.24. The van der Waals surface area contributed by atoms with E-state index < -0.39 is 5.97 Å². The molecule has 0 atom stereocenters. The number of rotatable bonds is 2. The number of hydrogen-bond donors (Lipinski definition) is 1. The predicted molar refractivity (Wildman–Crippen MR) is 67.3 cm³/mol. The number of pyridine rings is 1. The SMILES string of the molecule is O=C(O)c1ccc2nc(N3CCOCC3)ncc2n1. The molecule has 7 heteroatoms. The Bertz CT molecular complexity index is 625. The molecule has 1 aliphatic rings. The average molecular weight is 260 g/mol. The third-order valence-electron chi connectivity index (χ3n) is 2.94. The fraction of sp³-hybridized carbons (Fsp3) is 0.333. The molecule has 0 saturated carbocycles. The second-order valence-corrected chi connectivity index (χ2v) is 4.18. The molecule has 0 aromatic carbocycles. The van der Waals surface area contributed by atoms with Crippen LogP contribution in [-0.4, -0.2) is 52.3 Å². The van der Waals surface area contributed by atoms with Gasteiger partial charge < -0.3 is 14.7 Å². The summed E-state index contributed by atoms with van der Waals surface area (Å²) >= 11 is 0. The van der Waals surface area contributed by atoms with Gasteiger partial charge in [0.1, 0.15) is 11.2 Å². The normalized spacial score (nSPS) is 15.7. The van der Waals surface area contributed by atoms with E-state index in [9.17, 15) is 4.79 Å². The molecule has 1 N–H and O–H groups in total. The number of carboxylic acids is 1. The first kappa shape index (κ1) is 11.8. The van der Waals surface area contributed by atoms with Crippen LogP contribution in [0.15, 0.2) is 18.3 Å². The molecule has 2 aromatic heterocycles. The molecule has 3 rings (SSSR count). The lowest BCUT2D eigenvalue weighted by Crippen LogP contribution is -2.37. The van der Waals surface area contributed by atoms with E-state index in [1.807, 2.05) is 4.90 Å². The van der Waals surface area contributed by atoms with Gasteiger partial charge in [-0.25, -0.2) is 19.7 Å². The zero-order chi connectivity index (χ0) is 13.2. The quantitative estimate of drug-likeness (QED) is 0.843. The summed E-state index contributed by atoms with van der Waals surface area (Å²) in [4.78, 5) is 25.5. The van der Waals surface area contributed by atoms with Gasteiger partial charge in [-0.1, -0.05) is 0 Å². The number of carboxylic acid groups (broad SMARTS) is 1. The average Bonchev–Trinajstić information content (AvgIpc) is 2.47. The molecule has 1 fully saturated rings. The molecule has 1 aliphatic heterocycles. The highest BCUT2D eigenvalue weighted by molar-refractivity contribution is 5.88. The summed E-state index contributed by atoms with van der Waals surface area (Å²) in [6, 6.07) is 3.10. The van der Waals surface area contributed by atoms with Crippen molar-refractivity contribution in [1.29, 1.82) is 0 Å². The molecule has 0 aliphatic carbocycles. The van der Waals surface area contributed by atoms with Crippen molar-refractivity contribution >= 4 is 23.0 Å². The first-order valence-corrected chi connectivity index (χ1v) is 5.94. The van der Waals surface area contributed by atoms with E-state index in [0.717, 1.165) is 13.1 Å². The van der Waals surface area contributed by atoms with E-state index in [-0.39, 0.29) is 5.69 Å². The second kappa shape index (κ2) is 4.77. The third-order valence-corrected chi connectivity index (χ3v) is 2.94. The van der Waals surface area contributed by atoms with Gasteiger partial charge in [0.15, 0.2) is 0 Å². The van der Waals surface area contributed by atoms with Crippen molar-refractivity contribution < 1.29 is 14.6 Å². The van der Waals surface area contributed by atoms with Crippen molar-refractivity contribution in [1.82, 2.24) is 15.0 Å². The topological polar surface area (TPSA) is 88.4 Å². The zero-order valence-electron chi connectivity index (χ0n) is 10.1. The van der Waals surface area contributed by atoms with Crippen molar-refractivity contribution in [2.75, 3.05) is 31.2 Å². The molecular weight excluding hydrogens is 248 g/mol. The van der Waals surface area contributed by atoms with Crippen LogP contribution >= 0.6 is 0 Å². The van der Waals surface area contributed by atoms with Gasteiger partial charge in [0.2, 0.25) is 5.95 Å². The zero-order valence-corrected chi connectivity index (χ0v) is 10.1. The highest BCUT2D eigenvalue weighted by atomic mass is 16.5. The number of carbonyl (C=O) groups is 1. The minimum Gasteiger partial charge on any atom is -0.477 e. The Morgan fingerprint density at radius 2 is 2.00 bits per heavy atom. The lowest BCUT2D eigenvalue weighted by molar-refractivity contribution is 0.0691. The molecule has 0 spiro atoms. The lowest BCUT2D eigenvalue weighted by atomic mass is 10.3. The Morgan fingerprint density at radius 3 is 2.74 bits per heavy atom. The molecule has 1 saturated heterocycles. The number of anilines is 1. The minimum absolute atomic E-state index is 0.00442. The summed E-state index contributed by atoms with van der Waals surface area (Å²) < 4.78 is 5.28. The fourth-order valence-electron chi connectivity index (χ4n) is 1.95.